The first kappa shape index (κ1) is 17.8. The Hall–Kier alpha value is -2.55. The Kier molecular flexibility index (Phi) is 5.45. The van der Waals surface area contributed by atoms with Gasteiger partial charge in [0.25, 0.3) is 0 Å². The number of alkyl halides is 3. The van der Waals surface area contributed by atoms with Gasteiger partial charge in [-0.25, -0.2) is 4.98 Å². The Morgan fingerprint density at radius 2 is 1.83 bits per heavy atom. The predicted octanol–water partition coefficient (Wildman–Crippen LogP) is 3.26. The molecule has 3 N–H and O–H groups in total. The third kappa shape index (κ3) is 5.27. The number of halogens is 4. The number of carboxylic acids is 1. The van der Waals surface area contributed by atoms with Crippen molar-refractivity contribution in [1.82, 2.24) is 9.97 Å². The van der Waals surface area contributed by atoms with Crippen molar-refractivity contribution < 1.29 is 23.1 Å². The summed E-state index contributed by atoms with van der Waals surface area (Å²) in [6.45, 7) is -0.387. The van der Waals surface area contributed by atoms with E-state index in [-0.39, 0.29) is 12.4 Å². The summed E-state index contributed by atoms with van der Waals surface area (Å²) in [6.07, 6.45) is -4.68. The number of nitrogens with one attached hydrogen (secondary N) is 2. The van der Waals surface area contributed by atoms with Crippen molar-refractivity contribution in [3.63, 3.8) is 0 Å². The van der Waals surface area contributed by atoms with Crippen LogP contribution in [0.15, 0.2) is 30.3 Å². The molecule has 0 bridgehead atoms. The number of rotatable bonds is 6. The Morgan fingerprint density at radius 3 is 2.42 bits per heavy atom. The average Bonchev–Trinajstić information content (AvgIpc) is 2.51. The maximum absolute atomic E-state index is 12.9. The van der Waals surface area contributed by atoms with Gasteiger partial charge in [-0.2, -0.15) is 18.2 Å². The van der Waals surface area contributed by atoms with E-state index in [1.165, 1.54) is 0 Å². The van der Waals surface area contributed by atoms with Crippen molar-refractivity contribution in [3.8, 4) is 0 Å². The summed E-state index contributed by atoms with van der Waals surface area (Å²) in [7, 11) is 0. The molecule has 1 aromatic heterocycles. The first-order valence-electron chi connectivity index (χ1n) is 6.64. The number of carboxylic acid groups (broad SMARTS) is 1. The van der Waals surface area contributed by atoms with Gasteiger partial charge in [-0.1, -0.05) is 23.7 Å². The fraction of sp³-hybridized carbons (Fsp3) is 0.214. The van der Waals surface area contributed by atoms with Crippen LogP contribution in [0.5, 0.6) is 0 Å². The molecule has 2 aromatic rings. The van der Waals surface area contributed by atoms with E-state index in [1.807, 2.05) is 0 Å². The number of nitrogens with zero attached hydrogens (tertiary/aromatic N) is 2. The molecule has 24 heavy (non-hydrogen) atoms. The maximum Gasteiger partial charge on any atom is 0.433 e. The van der Waals surface area contributed by atoms with Crippen LogP contribution in [0.1, 0.15) is 11.3 Å². The molecule has 0 saturated heterocycles. The number of hydrogen-bond acceptors (Lipinski definition) is 5. The number of benzene rings is 1. The van der Waals surface area contributed by atoms with Crippen molar-refractivity contribution in [2.24, 2.45) is 0 Å². The van der Waals surface area contributed by atoms with E-state index in [9.17, 15) is 18.0 Å². The fourth-order valence-electron chi connectivity index (χ4n) is 1.71. The monoisotopic (exact) mass is 360 g/mol. The zero-order chi connectivity index (χ0) is 17.7. The number of carbonyl (C=O) groups is 1. The molecule has 0 aliphatic carbocycles. The third-order valence-corrected chi connectivity index (χ3v) is 3.05. The highest BCUT2D eigenvalue weighted by Crippen LogP contribution is 2.29. The molecule has 0 atom stereocenters. The molecule has 6 nitrogen and oxygen atoms in total. The molecule has 1 aromatic carbocycles. The van der Waals surface area contributed by atoms with Crippen molar-refractivity contribution in [3.05, 3.63) is 46.6 Å². The van der Waals surface area contributed by atoms with Gasteiger partial charge >= 0.3 is 12.1 Å². The summed E-state index contributed by atoms with van der Waals surface area (Å²) in [6, 6.07) is 7.48. The SMILES string of the molecule is O=C(O)CNc1nc(NCc2ccc(Cl)cc2)cc(C(F)(F)F)n1. The van der Waals surface area contributed by atoms with E-state index in [0.29, 0.717) is 5.02 Å². The number of anilines is 2. The standard InChI is InChI=1S/C14H12ClF3N4O2/c15-9-3-1-8(2-4-9)6-19-11-5-10(14(16,17)18)21-13(22-11)20-7-12(23)24/h1-5H,6-7H2,(H,23,24)(H2,19,20,21,22). The summed E-state index contributed by atoms with van der Waals surface area (Å²) in [5, 5.41) is 14.1. The van der Waals surface area contributed by atoms with Crippen LogP contribution in [0.4, 0.5) is 24.9 Å². The molecule has 2 rings (SSSR count). The fourth-order valence-corrected chi connectivity index (χ4v) is 1.84. The van der Waals surface area contributed by atoms with Crippen LogP contribution >= 0.6 is 11.6 Å². The van der Waals surface area contributed by atoms with Crippen LogP contribution in [-0.4, -0.2) is 27.6 Å². The largest absolute Gasteiger partial charge is 0.480 e. The van der Waals surface area contributed by atoms with Crippen LogP contribution in [0.25, 0.3) is 0 Å². The lowest BCUT2D eigenvalue weighted by Crippen LogP contribution is -2.18. The second-order valence-electron chi connectivity index (χ2n) is 4.69. The van der Waals surface area contributed by atoms with Gasteiger partial charge in [0.15, 0.2) is 5.69 Å². The Labute approximate surface area is 139 Å². The smallest absolute Gasteiger partial charge is 0.433 e. The van der Waals surface area contributed by atoms with Crippen molar-refractivity contribution >= 4 is 29.3 Å². The Morgan fingerprint density at radius 1 is 1.17 bits per heavy atom. The quantitative estimate of drug-likeness (QED) is 0.733. The van der Waals surface area contributed by atoms with Gasteiger partial charge in [-0.05, 0) is 17.7 Å². The third-order valence-electron chi connectivity index (χ3n) is 2.80. The van der Waals surface area contributed by atoms with E-state index in [0.717, 1.165) is 11.6 Å². The summed E-state index contributed by atoms with van der Waals surface area (Å²) < 4.78 is 38.6. The van der Waals surface area contributed by atoms with Crippen molar-refractivity contribution in [1.29, 1.82) is 0 Å². The number of aliphatic carboxylic acids is 1. The summed E-state index contributed by atoms with van der Waals surface area (Å²) in [4.78, 5) is 17.6. The second-order valence-corrected chi connectivity index (χ2v) is 5.12. The van der Waals surface area contributed by atoms with Gasteiger partial charge in [-0.3, -0.25) is 4.79 Å². The van der Waals surface area contributed by atoms with E-state index in [1.54, 1.807) is 24.3 Å². The lowest BCUT2D eigenvalue weighted by atomic mass is 10.2. The van der Waals surface area contributed by atoms with Crippen LogP contribution in [0, 0.1) is 0 Å². The highest BCUT2D eigenvalue weighted by Gasteiger charge is 2.33. The number of aromatic nitrogens is 2. The molecular weight excluding hydrogens is 349 g/mol. The molecule has 0 aliphatic heterocycles. The first-order valence-corrected chi connectivity index (χ1v) is 7.02. The second kappa shape index (κ2) is 7.35. The lowest BCUT2D eigenvalue weighted by Gasteiger charge is -2.12. The highest BCUT2D eigenvalue weighted by molar-refractivity contribution is 6.30. The molecule has 0 unspecified atom stereocenters. The van der Waals surface area contributed by atoms with Crippen molar-refractivity contribution in [2.45, 2.75) is 12.7 Å². The van der Waals surface area contributed by atoms with Crippen molar-refractivity contribution in [2.75, 3.05) is 17.2 Å². The van der Waals surface area contributed by atoms with E-state index in [4.69, 9.17) is 16.7 Å². The molecule has 10 heteroatoms. The maximum atomic E-state index is 12.9. The zero-order valence-electron chi connectivity index (χ0n) is 12.1. The lowest BCUT2D eigenvalue weighted by molar-refractivity contribution is -0.141. The molecule has 0 aliphatic rings. The Bertz CT molecular complexity index is 723. The molecule has 0 amide bonds. The summed E-state index contributed by atoms with van der Waals surface area (Å²) in [5.41, 5.74) is -0.393. The average molecular weight is 361 g/mol. The van der Waals surface area contributed by atoms with Gasteiger partial charge in [0, 0.05) is 17.6 Å². The molecule has 0 saturated carbocycles. The van der Waals surface area contributed by atoms with Crippen LogP contribution < -0.4 is 10.6 Å². The molecule has 0 fully saturated rings. The molecule has 128 valence electrons. The normalized spacial score (nSPS) is 11.2. The summed E-state index contributed by atoms with van der Waals surface area (Å²) >= 11 is 5.76. The topological polar surface area (TPSA) is 87.1 Å². The first-order chi connectivity index (χ1) is 11.2. The van der Waals surface area contributed by atoms with Crippen LogP contribution in [0.3, 0.4) is 0 Å². The summed E-state index contributed by atoms with van der Waals surface area (Å²) in [5.74, 6) is -1.75. The molecule has 0 radical (unpaired) electrons. The van der Waals surface area contributed by atoms with Gasteiger partial charge < -0.3 is 15.7 Å². The highest BCUT2D eigenvalue weighted by atomic mass is 35.5. The van der Waals surface area contributed by atoms with Crippen LogP contribution in [0.2, 0.25) is 5.02 Å². The predicted molar refractivity (Wildman–Crippen MR) is 81.9 cm³/mol. The van der Waals surface area contributed by atoms with Gasteiger partial charge in [-0.15, -0.1) is 0 Å². The molecule has 1 heterocycles. The van der Waals surface area contributed by atoms with Gasteiger partial charge in [0.2, 0.25) is 5.95 Å². The Balaban J connectivity index is 2.18. The molecular formula is C14H12ClF3N4O2. The van der Waals surface area contributed by atoms with Crippen LogP contribution in [-0.2, 0) is 17.5 Å². The minimum absolute atomic E-state index is 0.0832. The van der Waals surface area contributed by atoms with E-state index < -0.39 is 30.3 Å². The minimum atomic E-state index is -4.68. The van der Waals surface area contributed by atoms with Gasteiger partial charge in [0.1, 0.15) is 12.4 Å². The van der Waals surface area contributed by atoms with E-state index >= 15 is 0 Å². The minimum Gasteiger partial charge on any atom is -0.480 e. The zero-order valence-corrected chi connectivity index (χ0v) is 12.8. The van der Waals surface area contributed by atoms with Gasteiger partial charge in [0.05, 0.1) is 0 Å². The number of hydrogen-bond donors (Lipinski definition) is 3. The molecule has 0 spiro atoms. The van der Waals surface area contributed by atoms with E-state index in [2.05, 4.69) is 20.6 Å².